The van der Waals surface area contributed by atoms with E-state index in [0.29, 0.717) is 27.7 Å². The number of nitro groups is 2. The molecule has 0 N–H and O–H groups in total. The van der Waals surface area contributed by atoms with Gasteiger partial charge in [-0.1, -0.05) is 24.3 Å². The Kier molecular flexibility index (Phi) is 6.01. The van der Waals surface area contributed by atoms with Crippen LogP contribution in [0.1, 0.15) is 17.0 Å². The van der Waals surface area contributed by atoms with Gasteiger partial charge in [0.15, 0.2) is 0 Å². The molecule has 0 bridgehead atoms. The van der Waals surface area contributed by atoms with Gasteiger partial charge in [-0.2, -0.15) is 0 Å². The van der Waals surface area contributed by atoms with Gasteiger partial charge in [0.2, 0.25) is 0 Å². The summed E-state index contributed by atoms with van der Waals surface area (Å²) in [5.74, 6) is 0.240. The normalized spacial score (nSPS) is 11.2. The van der Waals surface area contributed by atoms with Crippen LogP contribution in [0.5, 0.6) is 0 Å². The largest absolute Gasteiger partial charge is 0.271 e. The number of nitro benzene ring substituents is 2. The average Bonchev–Trinajstić information content (AvgIpc) is 2.79. The molecule has 0 saturated heterocycles. The summed E-state index contributed by atoms with van der Waals surface area (Å²) in [6, 6.07) is 15.6. The first-order valence-electron chi connectivity index (χ1n) is 9.65. The van der Waals surface area contributed by atoms with Gasteiger partial charge in [0.25, 0.3) is 16.9 Å². The van der Waals surface area contributed by atoms with Crippen LogP contribution in [0.3, 0.4) is 0 Å². The van der Waals surface area contributed by atoms with E-state index in [1.807, 2.05) is 6.07 Å². The molecule has 10 heteroatoms. The average molecular weight is 554 g/mol. The summed E-state index contributed by atoms with van der Waals surface area (Å²) >= 11 is 2.10. The Morgan fingerprint density at radius 2 is 1.67 bits per heavy atom. The van der Waals surface area contributed by atoms with Crippen molar-refractivity contribution >= 4 is 57.0 Å². The second-order valence-electron chi connectivity index (χ2n) is 7.19. The number of non-ortho nitro benzene ring substituents is 2. The lowest BCUT2D eigenvalue weighted by Gasteiger charge is -2.14. The molecule has 0 fully saturated rings. The minimum Gasteiger partial charge on any atom is -0.268 e. The van der Waals surface area contributed by atoms with Crippen molar-refractivity contribution in [2.45, 2.75) is 6.92 Å². The van der Waals surface area contributed by atoms with Crippen LogP contribution in [0.4, 0.5) is 11.4 Å². The van der Waals surface area contributed by atoms with Gasteiger partial charge < -0.3 is 0 Å². The number of benzene rings is 3. The van der Waals surface area contributed by atoms with Crippen LogP contribution in [0, 0.1) is 30.7 Å². The number of fused-ring (bicyclic) bond motifs is 1. The van der Waals surface area contributed by atoms with Crippen molar-refractivity contribution in [3.05, 3.63) is 112 Å². The van der Waals surface area contributed by atoms with Crippen LogP contribution >= 0.6 is 22.6 Å². The number of rotatable bonds is 5. The minimum absolute atomic E-state index is 0.0647. The third kappa shape index (κ3) is 4.51. The molecule has 0 aliphatic heterocycles. The lowest BCUT2D eigenvalue weighted by atomic mass is 10.1. The Morgan fingerprint density at radius 1 is 0.939 bits per heavy atom. The second-order valence-corrected chi connectivity index (χ2v) is 8.43. The van der Waals surface area contributed by atoms with E-state index in [0.717, 1.165) is 3.57 Å². The maximum atomic E-state index is 13.5. The fraction of sp³-hybridized carbons (Fsp3) is 0.0435. The highest BCUT2D eigenvalue weighted by Gasteiger charge is 2.17. The molecule has 0 amide bonds. The predicted octanol–water partition coefficient (Wildman–Crippen LogP) is 5.29. The summed E-state index contributed by atoms with van der Waals surface area (Å²) in [5, 5.41) is 22.8. The molecule has 1 aromatic heterocycles. The minimum atomic E-state index is -0.524. The molecule has 0 spiro atoms. The van der Waals surface area contributed by atoms with Gasteiger partial charge in [0, 0.05) is 27.8 Å². The molecule has 9 nitrogen and oxygen atoms in total. The van der Waals surface area contributed by atoms with Crippen molar-refractivity contribution in [2.75, 3.05) is 0 Å². The van der Waals surface area contributed by atoms with Crippen LogP contribution < -0.4 is 5.56 Å². The standard InChI is InChI=1S/C23H15IN4O5/c1-14-5-8-18(28(32)33)13-21(14)26-22(10-6-15-3-2-4-17(11-15)27(30)31)25-20-9-7-16(24)12-19(20)23(26)29/h2-13H,1H3. The van der Waals surface area contributed by atoms with Crippen molar-refractivity contribution < 1.29 is 9.85 Å². The van der Waals surface area contributed by atoms with Gasteiger partial charge in [-0.3, -0.25) is 29.6 Å². The van der Waals surface area contributed by atoms with Gasteiger partial charge in [-0.15, -0.1) is 0 Å². The van der Waals surface area contributed by atoms with E-state index in [2.05, 4.69) is 27.6 Å². The van der Waals surface area contributed by atoms with E-state index >= 15 is 0 Å². The van der Waals surface area contributed by atoms with Crippen molar-refractivity contribution in [2.24, 2.45) is 0 Å². The number of aromatic nitrogens is 2. The molecule has 4 rings (SSSR count). The molecule has 4 aromatic rings. The van der Waals surface area contributed by atoms with Gasteiger partial charge in [-0.25, -0.2) is 4.98 Å². The Balaban J connectivity index is 1.98. The lowest BCUT2D eigenvalue weighted by molar-refractivity contribution is -0.385. The van der Waals surface area contributed by atoms with Crippen LogP contribution in [-0.2, 0) is 0 Å². The van der Waals surface area contributed by atoms with E-state index in [1.54, 1.807) is 49.4 Å². The highest BCUT2D eigenvalue weighted by molar-refractivity contribution is 14.1. The zero-order valence-corrected chi connectivity index (χ0v) is 19.3. The fourth-order valence-electron chi connectivity index (χ4n) is 3.38. The molecular weight excluding hydrogens is 539 g/mol. The first kappa shape index (κ1) is 22.3. The molecule has 0 unspecified atom stereocenters. The SMILES string of the molecule is Cc1ccc([N+](=O)[O-])cc1-n1c(C=Cc2cccc([N+](=O)[O-])c2)nc2ccc(I)cc2c1=O. The third-order valence-electron chi connectivity index (χ3n) is 5.01. The van der Waals surface area contributed by atoms with E-state index in [4.69, 9.17) is 0 Å². The van der Waals surface area contributed by atoms with Crippen LogP contribution in [-0.4, -0.2) is 19.4 Å². The topological polar surface area (TPSA) is 121 Å². The number of hydrogen-bond donors (Lipinski definition) is 0. The zero-order valence-electron chi connectivity index (χ0n) is 17.1. The van der Waals surface area contributed by atoms with E-state index in [9.17, 15) is 25.0 Å². The molecule has 164 valence electrons. The first-order chi connectivity index (χ1) is 15.7. The van der Waals surface area contributed by atoms with Crippen molar-refractivity contribution in [1.29, 1.82) is 0 Å². The van der Waals surface area contributed by atoms with Crippen LogP contribution in [0.25, 0.3) is 28.7 Å². The smallest absolute Gasteiger partial charge is 0.268 e. The van der Waals surface area contributed by atoms with Crippen molar-refractivity contribution in [3.63, 3.8) is 0 Å². The molecule has 0 atom stereocenters. The first-order valence-corrected chi connectivity index (χ1v) is 10.7. The second kappa shape index (κ2) is 8.90. The van der Waals surface area contributed by atoms with Gasteiger partial charge in [0.05, 0.1) is 26.4 Å². The molecule has 0 aliphatic carbocycles. The quantitative estimate of drug-likeness (QED) is 0.188. The summed E-state index contributed by atoms with van der Waals surface area (Å²) < 4.78 is 2.18. The molecule has 3 aromatic carbocycles. The molecule has 0 aliphatic rings. The summed E-state index contributed by atoms with van der Waals surface area (Å²) in [6.07, 6.45) is 3.17. The molecule has 0 saturated carbocycles. The monoisotopic (exact) mass is 554 g/mol. The number of nitrogens with zero attached hydrogens (tertiary/aromatic N) is 4. The van der Waals surface area contributed by atoms with Gasteiger partial charge in [-0.05, 0) is 64.9 Å². The number of hydrogen-bond acceptors (Lipinski definition) is 6. The summed E-state index contributed by atoms with van der Waals surface area (Å²) in [6.45, 7) is 1.75. The molecular formula is C23H15IN4O5. The Bertz CT molecular complexity index is 1530. The predicted molar refractivity (Wildman–Crippen MR) is 133 cm³/mol. The molecule has 0 radical (unpaired) electrons. The fourth-order valence-corrected chi connectivity index (χ4v) is 3.88. The van der Waals surface area contributed by atoms with Gasteiger partial charge >= 0.3 is 0 Å². The summed E-state index contributed by atoms with van der Waals surface area (Å²) in [4.78, 5) is 39.5. The van der Waals surface area contributed by atoms with E-state index in [1.165, 1.54) is 28.8 Å². The zero-order chi connectivity index (χ0) is 23.7. The van der Waals surface area contributed by atoms with Crippen molar-refractivity contribution in [3.8, 4) is 5.69 Å². The molecule has 1 heterocycles. The Morgan fingerprint density at radius 3 is 2.39 bits per heavy atom. The third-order valence-corrected chi connectivity index (χ3v) is 5.68. The van der Waals surface area contributed by atoms with Crippen LogP contribution in [0.15, 0.2) is 65.5 Å². The maximum absolute atomic E-state index is 13.5. The highest BCUT2D eigenvalue weighted by Crippen LogP contribution is 2.24. The lowest BCUT2D eigenvalue weighted by Crippen LogP contribution is -2.23. The van der Waals surface area contributed by atoms with Crippen molar-refractivity contribution in [1.82, 2.24) is 9.55 Å². The highest BCUT2D eigenvalue weighted by atomic mass is 127. The molecule has 33 heavy (non-hydrogen) atoms. The summed E-state index contributed by atoms with van der Waals surface area (Å²) in [5.41, 5.74) is 1.41. The maximum Gasteiger partial charge on any atom is 0.271 e. The Hall–Kier alpha value is -3.93. The van der Waals surface area contributed by atoms with Crippen LogP contribution in [0.2, 0.25) is 0 Å². The van der Waals surface area contributed by atoms with Gasteiger partial charge in [0.1, 0.15) is 5.82 Å². The number of aryl methyl sites for hydroxylation is 1. The summed E-state index contributed by atoms with van der Waals surface area (Å²) in [7, 11) is 0. The Labute approximate surface area is 200 Å². The van der Waals surface area contributed by atoms with E-state index < -0.39 is 9.85 Å². The number of halogens is 1. The van der Waals surface area contributed by atoms with E-state index in [-0.39, 0.29) is 22.8 Å².